The van der Waals surface area contributed by atoms with Crippen molar-refractivity contribution in [2.75, 3.05) is 18.6 Å². The zero-order valence-electron chi connectivity index (χ0n) is 14.8. The van der Waals surface area contributed by atoms with Gasteiger partial charge in [-0.15, -0.1) is 0 Å². The molecule has 1 heterocycles. The van der Waals surface area contributed by atoms with Crippen molar-refractivity contribution in [3.63, 3.8) is 0 Å². The molecule has 2 aromatic carbocycles. The van der Waals surface area contributed by atoms with Crippen molar-refractivity contribution in [1.82, 2.24) is 0 Å². The van der Waals surface area contributed by atoms with E-state index < -0.39 is 0 Å². The molecule has 5 nitrogen and oxygen atoms in total. The van der Waals surface area contributed by atoms with Gasteiger partial charge in [0.2, 0.25) is 0 Å². The second-order valence-electron chi connectivity index (χ2n) is 5.70. The van der Waals surface area contributed by atoms with Crippen LogP contribution in [0.15, 0.2) is 47.4 Å². The predicted octanol–water partition coefficient (Wildman–Crippen LogP) is 4.64. The Bertz CT molecular complexity index is 874. The number of carbonyl (C=O) groups excluding carboxylic acids is 2. The summed E-state index contributed by atoms with van der Waals surface area (Å²) >= 11 is 0.930. The fourth-order valence-electron chi connectivity index (χ4n) is 2.58. The first-order valence-electron chi connectivity index (χ1n) is 8.19. The lowest BCUT2D eigenvalue weighted by Gasteiger charge is -2.12. The summed E-state index contributed by atoms with van der Waals surface area (Å²) in [4.78, 5) is 26.6. The highest BCUT2D eigenvalue weighted by atomic mass is 32.2. The molecule has 0 saturated carbocycles. The molecule has 0 N–H and O–H groups in total. The molecular weight excluding hydrogens is 350 g/mol. The van der Waals surface area contributed by atoms with Gasteiger partial charge in [0.05, 0.1) is 24.3 Å². The van der Waals surface area contributed by atoms with E-state index in [0.29, 0.717) is 28.7 Å². The molecule has 3 rings (SSSR count). The van der Waals surface area contributed by atoms with Crippen LogP contribution in [0.25, 0.3) is 6.08 Å². The SMILES string of the molecule is CCOc1ccc(/C=C2\SC(=O)N(c3ccc(C)cc3)C2=O)cc1OC. The number of methoxy groups -OCH3 is 1. The molecule has 1 fully saturated rings. The minimum absolute atomic E-state index is 0.303. The van der Waals surface area contributed by atoms with Gasteiger partial charge in [-0.2, -0.15) is 0 Å². The molecule has 0 spiro atoms. The Hall–Kier alpha value is -2.73. The van der Waals surface area contributed by atoms with Gasteiger partial charge < -0.3 is 9.47 Å². The number of thioether (sulfide) groups is 1. The minimum Gasteiger partial charge on any atom is -0.493 e. The van der Waals surface area contributed by atoms with Crippen LogP contribution in [0.1, 0.15) is 18.1 Å². The molecule has 0 atom stereocenters. The molecule has 0 radical (unpaired) electrons. The highest BCUT2D eigenvalue weighted by Gasteiger charge is 2.36. The summed E-state index contributed by atoms with van der Waals surface area (Å²) in [6, 6.07) is 12.7. The molecule has 0 bridgehead atoms. The van der Waals surface area contributed by atoms with E-state index in [1.54, 1.807) is 37.5 Å². The Morgan fingerprint density at radius 3 is 2.46 bits per heavy atom. The van der Waals surface area contributed by atoms with Gasteiger partial charge in [-0.25, -0.2) is 4.90 Å². The third-order valence-corrected chi connectivity index (χ3v) is 4.74. The molecule has 134 valence electrons. The van der Waals surface area contributed by atoms with Gasteiger partial charge >= 0.3 is 0 Å². The van der Waals surface area contributed by atoms with Crippen LogP contribution in [-0.4, -0.2) is 24.9 Å². The first-order valence-corrected chi connectivity index (χ1v) is 9.00. The predicted molar refractivity (Wildman–Crippen MR) is 104 cm³/mol. The molecule has 1 aliphatic rings. The maximum absolute atomic E-state index is 12.7. The number of hydrogen-bond acceptors (Lipinski definition) is 5. The lowest BCUT2D eigenvalue weighted by atomic mass is 10.1. The van der Waals surface area contributed by atoms with Crippen molar-refractivity contribution in [3.8, 4) is 11.5 Å². The molecular formula is C20H19NO4S. The van der Waals surface area contributed by atoms with E-state index in [4.69, 9.17) is 9.47 Å². The molecule has 0 unspecified atom stereocenters. The van der Waals surface area contributed by atoms with Crippen LogP contribution in [0.4, 0.5) is 10.5 Å². The maximum atomic E-state index is 12.7. The van der Waals surface area contributed by atoms with E-state index >= 15 is 0 Å². The van der Waals surface area contributed by atoms with E-state index in [1.807, 2.05) is 32.0 Å². The lowest BCUT2D eigenvalue weighted by Crippen LogP contribution is -2.27. The molecule has 0 aliphatic carbocycles. The number of imide groups is 1. The normalized spacial score (nSPS) is 15.7. The van der Waals surface area contributed by atoms with Crippen molar-refractivity contribution in [2.24, 2.45) is 0 Å². The molecule has 1 saturated heterocycles. The van der Waals surface area contributed by atoms with Gasteiger partial charge in [-0.1, -0.05) is 23.8 Å². The number of benzene rings is 2. The van der Waals surface area contributed by atoms with Crippen LogP contribution in [0, 0.1) is 6.92 Å². The first-order chi connectivity index (χ1) is 12.5. The second-order valence-corrected chi connectivity index (χ2v) is 6.69. The standard InChI is InChI=1S/C20H19NO4S/c1-4-25-16-10-7-14(11-17(16)24-3)12-18-19(22)21(20(23)26-18)15-8-5-13(2)6-9-15/h5-12H,4H2,1-3H3/b18-12-. The number of amides is 2. The summed E-state index contributed by atoms with van der Waals surface area (Å²) in [5.74, 6) is 0.898. The van der Waals surface area contributed by atoms with Gasteiger partial charge in [-0.05, 0) is 61.5 Å². The van der Waals surface area contributed by atoms with Crippen molar-refractivity contribution in [3.05, 3.63) is 58.5 Å². The van der Waals surface area contributed by atoms with Crippen molar-refractivity contribution in [1.29, 1.82) is 0 Å². The summed E-state index contributed by atoms with van der Waals surface area (Å²) in [6.07, 6.45) is 1.69. The second kappa shape index (κ2) is 7.66. The number of hydrogen-bond donors (Lipinski definition) is 0. The first kappa shape index (κ1) is 18.1. The van der Waals surface area contributed by atoms with Gasteiger partial charge in [0, 0.05) is 0 Å². The topological polar surface area (TPSA) is 55.8 Å². The highest BCUT2D eigenvalue weighted by Crippen LogP contribution is 2.37. The summed E-state index contributed by atoms with van der Waals surface area (Å²) in [6.45, 7) is 4.39. The Labute approximate surface area is 156 Å². The third-order valence-electron chi connectivity index (χ3n) is 3.87. The van der Waals surface area contributed by atoms with Crippen molar-refractivity contribution < 1.29 is 19.1 Å². The average Bonchev–Trinajstić information content (AvgIpc) is 2.91. The van der Waals surface area contributed by atoms with Crippen LogP contribution >= 0.6 is 11.8 Å². The summed E-state index contributed by atoms with van der Waals surface area (Å²) in [5, 5.41) is -0.303. The number of anilines is 1. The molecule has 1 aliphatic heterocycles. The Balaban J connectivity index is 1.89. The molecule has 0 aromatic heterocycles. The number of aryl methyl sites for hydroxylation is 1. The Kier molecular flexibility index (Phi) is 5.32. The number of ether oxygens (including phenoxy) is 2. The third kappa shape index (κ3) is 3.60. The van der Waals surface area contributed by atoms with E-state index in [2.05, 4.69) is 0 Å². The number of rotatable bonds is 5. The van der Waals surface area contributed by atoms with Crippen molar-refractivity contribution in [2.45, 2.75) is 13.8 Å². The minimum atomic E-state index is -0.322. The van der Waals surface area contributed by atoms with Gasteiger partial charge in [0.25, 0.3) is 11.1 Å². The summed E-state index contributed by atoms with van der Waals surface area (Å²) < 4.78 is 10.8. The summed E-state index contributed by atoms with van der Waals surface area (Å²) in [7, 11) is 1.56. The molecule has 6 heteroatoms. The van der Waals surface area contributed by atoms with Crippen LogP contribution in [0.2, 0.25) is 0 Å². The number of carbonyl (C=O) groups is 2. The largest absolute Gasteiger partial charge is 0.493 e. The average molecular weight is 369 g/mol. The Morgan fingerprint density at radius 1 is 1.08 bits per heavy atom. The molecule has 26 heavy (non-hydrogen) atoms. The van der Waals surface area contributed by atoms with E-state index in [-0.39, 0.29) is 11.1 Å². The monoisotopic (exact) mass is 369 g/mol. The van der Waals surface area contributed by atoms with Crippen LogP contribution in [0.3, 0.4) is 0 Å². The van der Waals surface area contributed by atoms with E-state index in [9.17, 15) is 9.59 Å². The molecule has 2 amide bonds. The zero-order valence-corrected chi connectivity index (χ0v) is 15.6. The molecule has 2 aromatic rings. The quantitative estimate of drug-likeness (QED) is 0.719. The lowest BCUT2D eigenvalue weighted by molar-refractivity contribution is -0.113. The smallest absolute Gasteiger partial charge is 0.298 e. The summed E-state index contributed by atoms with van der Waals surface area (Å²) in [5.41, 5.74) is 2.41. The zero-order chi connectivity index (χ0) is 18.7. The fourth-order valence-corrected chi connectivity index (χ4v) is 3.43. The van der Waals surface area contributed by atoms with Gasteiger partial charge in [0.15, 0.2) is 11.5 Å². The Morgan fingerprint density at radius 2 is 1.81 bits per heavy atom. The fraction of sp³-hybridized carbons (Fsp3) is 0.200. The van der Waals surface area contributed by atoms with Crippen LogP contribution in [0.5, 0.6) is 11.5 Å². The van der Waals surface area contributed by atoms with Gasteiger partial charge in [0.1, 0.15) is 0 Å². The van der Waals surface area contributed by atoms with Crippen LogP contribution < -0.4 is 14.4 Å². The van der Waals surface area contributed by atoms with E-state index in [1.165, 1.54) is 4.90 Å². The maximum Gasteiger partial charge on any atom is 0.298 e. The van der Waals surface area contributed by atoms with Gasteiger partial charge in [-0.3, -0.25) is 9.59 Å². The van der Waals surface area contributed by atoms with E-state index in [0.717, 1.165) is 22.9 Å². The van der Waals surface area contributed by atoms with Crippen molar-refractivity contribution >= 4 is 34.7 Å². The number of nitrogens with zero attached hydrogens (tertiary/aromatic N) is 1. The van der Waals surface area contributed by atoms with Crippen LogP contribution in [-0.2, 0) is 4.79 Å². The highest BCUT2D eigenvalue weighted by molar-refractivity contribution is 8.19.